The van der Waals surface area contributed by atoms with Crippen LogP contribution in [0.4, 0.5) is 0 Å². The van der Waals surface area contributed by atoms with Crippen LogP contribution in [0.2, 0.25) is 0 Å². The second-order valence-electron chi connectivity index (χ2n) is 3.30. The molecule has 0 atom stereocenters. The fourth-order valence-electron chi connectivity index (χ4n) is 1.23. The molecule has 3 nitrogen and oxygen atoms in total. The van der Waals surface area contributed by atoms with Crippen molar-refractivity contribution in [1.82, 2.24) is 4.98 Å². The highest BCUT2D eigenvalue weighted by Crippen LogP contribution is 2.06. The SMILES string of the molecule is O=C(/C=C/c1nccs1)OCc1ccccc1. The lowest BCUT2D eigenvalue weighted by Gasteiger charge is -2.00. The van der Waals surface area contributed by atoms with E-state index in [1.54, 1.807) is 12.3 Å². The normalized spacial score (nSPS) is 10.6. The lowest BCUT2D eigenvalue weighted by molar-refractivity contribution is -0.138. The van der Waals surface area contributed by atoms with Gasteiger partial charge < -0.3 is 4.74 Å². The van der Waals surface area contributed by atoms with Gasteiger partial charge in [0.05, 0.1) is 0 Å². The molecule has 1 aromatic heterocycles. The van der Waals surface area contributed by atoms with Crippen LogP contribution in [0, 0.1) is 0 Å². The summed E-state index contributed by atoms with van der Waals surface area (Å²) in [5.41, 5.74) is 0.975. The minimum atomic E-state index is -0.357. The zero-order valence-electron chi connectivity index (χ0n) is 9.08. The van der Waals surface area contributed by atoms with Crippen LogP contribution in [0.1, 0.15) is 10.6 Å². The lowest BCUT2D eigenvalue weighted by atomic mass is 10.2. The number of thiazole rings is 1. The number of hydrogen-bond acceptors (Lipinski definition) is 4. The zero-order valence-corrected chi connectivity index (χ0v) is 9.89. The van der Waals surface area contributed by atoms with E-state index < -0.39 is 0 Å². The van der Waals surface area contributed by atoms with Crippen LogP contribution in [0.25, 0.3) is 6.08 Å². The number of esters is 1. The van der Waals surface area contributed by atoms with Crippen LogP contribution in [0.5, 0.6) is 0 Å². The molecule has 0 aliphatic heterocycles. The molecular formula is C13H11NO2S. The second-order valence-corrected chi connectivity index (χ2v) is 4.22. The summed E-state index contributed by atoms with van der Waals surface area (Å²) in [7, 11) is 0. The summed E-state index contributed by atoms with van der Waals surface area (Å²) in [6.45, 7) is 0.294. The highest BCUT2D eigenvalue weighted by Gasteiger charge is 1.98. The van der Waals surface area contributed by atoms with Gasteiger partial charge in [0.2, 0.25) is 0 Å². The Labute approximate surface area is 103 Å². The predicted molar refractivity (Wildman–Crippen MR) is 67.4 cm³/mol. The van der Waals surface area contributed by atoms with Gasteiger partial charge in [0, 0.05) is 17.7 Å². The van der Waals surface area contributed by atoms with Crippen molar-refractivity contribution in [3.8, 4) is 0 Å². The molecule has 0 saturated carbocycles. The van der Waals surface area contributed by atoms with Gasteiger partial charge in [-0.1, -0.05) is 30.3 Å². The molecule has 0 aliphatic rings. The van der Waals surface area contributed by atoms with Crippen LogP contribution < -0.4 is 0 Å². The van der Waals surface area contributed by atoms with Crippen molar-refractivity contribution in [1.29, 1.82) is 0 Å². The Morgan fingerprint density at radius 1 is 1.35 bits per heavy atom. The van der Waals surface area contributed by atoms with Crippen LogP contribution in [-0.2, 0) is 16.1 Å². The fraction of sp³-hybridized carbons (Fsp3) is 0.0769. The summed E-state index contributed by atoms with van der Waals surface area (Å²) in [6, 6.07) is 9.58. The maximum absolute atomic E-state index is 11.4. The van der Waals surface area contributed by atoms with Gasteiger partial charge in [0.25, 0.3) is 0 Å². The van der Waals surface area contributed by atoms with Gasteiger partial charge in [-0.2, -0.15) is 0 Å². The molecule has 0 amide bonds. The van der Waals surface area contributed by atoms with E-state index in [0.717, 1.165) is 10.6 Å². The number of aromatic nitrogens is 1. The Kier molecular flexibility index (Phi) is 4.05. The second kappa shape index (κ2) is 5.96. The first-order chi connectivity index (χ1) is 8.34. The molecule has 2 aromatic rings. The molecule has 1 heterocycles. The molecule has 0 bridgehead atoms. The fourth-order valence-corrected chi connectivity index (χ4v) is 1.76. The summed E-state index contributed by atoms with van der Waals surface area (Å²) < 4.78 is 5.08. The minimum absolute atomic E-state index is 0.294. The van der Waals surface area contributed by atoms with Gasteiger partial charge in [-0.15, -0.1) is 11.3 Å². The molecule has 0 spiro atoms. The largest absolute Gasteiger partial charge is 0.458 e. The molecule has 0 radical (unpaired) electrons. The third-order valence-electron chi connectivity index (χ3n) is 2.04. The first-order valence-electron chi connectivity index (χ1n) is 5.13. The molecule has 0 aliphatic carbocycles. The monoisotopic (exact) mass is 245 g/mol. The molecule has 2 rings (SSSR count). The smallest absolute Gasteiger partial charge is 0.331 e. The average Bonchev–Trinajstić information content (AvgIpc) is 2.88. The molecule has 17 heavy (non-hydrogen) atoms. The van der Waals surface area contributed by atoms with E-state index in [-0.39, 0.29) is 5.97 Å². The average molecular weight is 245 g/mol. The molecule has 0 N–H and O–H groups in total. The van der Waals surface area contributed by atoms with E-state index >= 15 is 0 Å². The van der Waals surface area contributed by atoms with Crippen molar-refractivity contribution in [3.05, 3.63) is 58.6 Å². The van der Waals surface area contributed by atoms with E-state index in [1.165, 1.54) is 17.4 Å². The van der Waals surface area contributed by atoms with E-state index in [1.807, 2.05) is 35.7 Å². The van der Waals surface area contributed by atoms with Gasteiger partial charge >= 0.3 is 5.97 Å². The Balaban J connectivity index is 1.82. The Morgan fingerprint density at radius 3 is 2.88 bits per heavy atom. The summed E-state index contributed by atoms with van der Waals surface area (Å²) in [5.74, 6) is -0.357. The number of hydrogen-bond donors (Lipinski definition) is 0. The zero-order chi connectivity index (χ0) is 11.9. The van der Waals surface area contributed by atoms with E-state index in [0.29, 0.717) is 6.61 Å². The predicted octanol–water partition coefficient (Wildman–Crippen LogP) is 2.90. The van der Waals surface area contributed by atoms with Gasteiger partial charge in [0.1, 0.15) is 11.6 Å². The number of carbonyl (C=O) groups excluding carboxylic acids is 1. The topological polar surface area (TPSA) is 39.2 Å². The van der Waals surface area contributed by atoms with E-state index in [4.69, 9.17) is 4.74 Å². The van der Waals surface area contributed by atoms with Crippen molar-refractivity contribution in [2.24, 2.45) is 0 Å². The first-order valence-corrected chi connectivity index (χ1v) is 6.01. The summed E-state index contributed by atoms with van der Waals surface area (Å²) >= 11 is 1.47. The number of ether oxygens (including phenoxy) is 1. The Hall–Kier alpha value is -1.94. The van der Waals surface area contributed by atoms with Crippen LogP contribution >= 0.6 is 11.3 Å². The number of nitrogens with zero attached hydrogens (tertiary/aromatic N) is 1. The summed E-state index contributed by atoms with van der Waals surface area (Å²) in [5, 5.41) is 2.65. The maximum Gasteiger partial charge on any atom is 0.331 e. The molecule has 86 valence electrons. The van der Waals surface area contributed by atoms with Crippen molar-refractivity contribution >= 4 is 23.4 Å². The van der Waals surface area contributed by atoms with Crippen molar-refractivity contribution in [3.63, 3.8) is 0 Å². The minimum Gasteiger partial charge on any atom is -0.458 e. The molecule has 1 aromatic carbocycles. The third-order valence-corrected chi connectivity index (χ3v) is 2.78. The van der Waals surface area contributed by atoms with Crippen molar-refractivity contribution in [2.45, 2.75) is 6.61 Å². The Morgan fingerprint density at radius 2 is 2.18 bits per heavy atom. The van der Waals surface area contributed by atoms with Gasteiger partial charge in [-0.25, -0.2) is 9.78 Å². The molecular weight excluding hydrogens is 234 g/mol. The van der Waals surface area contributed by atoms with Crippen LogP contribution in [0.3, 0.4) is 0 Å². The third kappa shape index (κ3) is 3.85. The maximum atomic E-state index is 11.4. The molecule has 0 fully saturated rings. The Bertz CT molecular complexity index is 491. The number of benzene rings is 1. The molecule has 4 heteroatoms. The van der Waals surface area contributed by atoms with Gasteiger partial charge in [-0.3, -0.25) is 0 Å². The van der Waals surface area contributed by atoms with E-state index in [2.05, 4.69) is 4.98 Å². The highest BCUT2D eigenvalue weighted by molar-refractivity contribution is 7.10. The number of carbonyl (C=O) groups is 1. The quantitative estimate of drug-likeness (QED) is 0.614. The van der Waals surface area contributed by atoms with Crippen molar-refractivity contribution < 1.29 is 9.53 Å². The first kappa shape index (κ1) is 11.5. The van der Waals surface area contributed by atoms with E-state index in [9.17, 15) is 4.79 Å². The summed E-state index contributed by atoms with van der Waals surface area (Å²) in [6.07, 6.45) is 4.74. The van der Waals surface area contributed by atoms with Crippen LogP contribution in [-0.4, -0.2) is 11.0 Å². The molecule has 0 unspecified atom stereocenters. The standard InChI is InChI=1S/C13H11NO2S/c15-13(7-6-12-14-8-9-17-12)16-10-11-4-2-1-3-5-11/h1-9H,10H2/b7-6+. The summed E-state index contributed by atoms with van der Waals surface area (Å²) in [4.78, 5) is 15.4. The van der Waals surface area contributed by atoms with Gasteiger partial charge in [-0.05, 0) is 11.6 Å². The highest BCUT2D eigenvalue weighted by atomic mass is 32.1. The van der Waals surface area contributed by atoms with Crippen LogP contribution in [0.15, 0.2) is 48.0 Å². The molecule has 0 saturated heterocycles. The van der Waals surface area contributed by atoms with Crippen molar-refractivity contribution in [2.75, 3.05) is 0 Å². The lowest BCUT2D eigenvalue weighted by Crippen LogP contribution is -2.00. The van der Waals surface area contributed by atoms with Gasteiger partial charge in [0.15, 0.2) is 0 Å². The number of rotatable bonds is 4.